The highest BCUT2D eigenvalue weighted by atomic mass is 35.5. The quantitative estimate of drug-likeness (QED) is 0.734. The number of aliphatic carboxylic acids is 1. The van der Waals surface area contributed by atoms with Crippen molar-refractivity contribution in [1.82, 2.24) is 0 Å². The summed E-state index contributed by atoms with van der Waals surface area (Å²) in [6, 6.07) is 4.03. The number of hydrogen-bond donors (Lipinski definition) is 3. The molecule has 0 amide bonds. The van der Waals surface area contributed by atoms with E-state index in [0.717, 1.165) is 0 Å². The molecule has 0 radical (unpaired) electrons. The van der Waals surface area contributed by atoms with E-state index >= 15 is 0 Å². The van der Waals surface area contributed by atoms with Gasteiger partial charge < -0.3 is 10.4 Å². The highest BCUT2D eigenvalue weighted by Crippen LogP contribution is 2.25. The lowest BCUT2D eigenvalue weighted by Gasteiger charge is -2.14. The van der Waals surface area contributed by atoms with Gasteiger partial charge in [0.05, 0.1) is 10.7 Å². The van der Waals surface area contributed by atoms with Crippen molar-refractivity contribution in [3.63, 3.8) is 0 Å². The minimum Gasteiger partial charge on any atom is -0.480 e. The highest BCUT2D eigenvalue weighted by molar-refractivity contribution is 7.80. The van der Waals surface area contributed by atoms with Gasteiger partial charge in [0, 0.05) is 10.8 Å². The van der Waals surface area contributed by atoms with Crippen LogP contribution in [0.5, 0.6) is 0 Å². The van der Waals surface area contributed by atoms with Gasteiger partial charge in [-0.25, -0.2) is 4.79 Å². The van der Waals surface area contributed by atoms with Gasteiger partial charge >= 0.3 is 5.97 Å². The number of benzene rings is 1. The largest absolute Gasteiger partial charge is 0.480 e. The van der Waals surface area contributed by atoms with Crippen LogP contribution in [0.25, 0.3) is 0 Å². The molecule has 15 heavy (non-hydrogen) atoms. The topological polar surface area (TPSA) is 49.3 Å². The zero-order valence-corrected chi connectivity index (χ0v) is 9.98. The number of nitrogens with one attached hydrogen (secondary N) is 1. The zero-order valence-electron chi connectivity index (χ0n) is 7.58. The molecule has 1 aromatic carbocycles. The third kappa shape index (κ3) is 3.48. The lowest BCUT2D eigenvalue weighted by Crippen LogP contribution is -2.30. The normalized spacial score (nSPS) is 12.2. The molecule has 1 atom stereocenters. The summed E-state index contributed by atoms with van der Waals surface area (Å²) in [4.78, 5) is 10.7. The average Bonchev–Trinajstić information content (AvgIpc) is 2.16. The minimum atomic E-state index is -0.976. The van der Waals surface area contributed by atoms with Crippen LogP contribution in [0.2, 0.25) is 10.0 Å². The predicted molar refractivity (Wildman–Crippen MR) is 65.4 cm³/mol. The molecule has 0 aliphatic heterocycles. The van der Waals surface area contributed by atoms with Crippen molar-refractivity contribution in [3.8, 4) is 0 Å². The first-order valence-corrected chi connectivity index (χ1v) is 5.48. The molecule has 6 heteroatoms. The summed E-state index contributed by atoms with van der Waals surface area (Å²) in [5.74, 6) is -0.801. The van der Waals surface area contributed by atoms with Gasteiger partial charge in [0.2, 0.25) is 0 Å². The highest BCUT2D eigenvalue weighted by Gasteiger charge is 2.16. The number of anilines is 1. The van der Waals surface area contributed by atoms with Crippen molar-refractivity contribution in [3.05, 3.63) is 28.2 Å². The molecule has 0 aromatic heterocycles. The maximum Gasteiger partial charge on any atom is 0.326 e. The van der Waals surface area contributed by atoms with E-state index < -0.39 is 12.0 Å². The van der Waals surface area contributed by atoms with Crippen LogP contribution in [0, 0.1) is 0 Å². The van der Waals surface area contributed by atoms with E-state index in [9.17, 15) is 4.79 Å². The second-order valence-corrected chi connectivity index (χ2v) is 4.05. The smallest absolute Gasteiger partial charge is 0.326 e. The summed E-state index contributed by atoms with van der Waals surface area (Å²) in [6.45, 7) is 0. The van der Waals surface area contributed by atoms with Crippen molar-refractivity contribution < 1.29 is 9.90 Å². The number of halogens is 2. The van der Waals surface area contributed by atoms with Crippen LogP contribution >= 0.6 is 35.8 Å². The van der Waals surface area contributed by atoms with Crippen LogP contribution in [0.1, 0.15) is 0 Å². The molecule has 0 fully saturated rings. The summed E-state index contributed by atoms with van der Waals surface area (Å²) >= 11 is 15.5. The van der Waals surface area contributed by atoms with Crippen molar-refractivity contribution in [2.45, 2.75) is 6.04 Å². The van der Waals surface area contributed by atoms with Gasteiger partial charge in [-0.1, -0.05) is 23.2 Å². The Morgan fingerprint density at radius 1 is 1.53 bits per heavy atom. The average molecular weight is 266 g/mol. The van der Waals surface area contributed by atoms with Gasteiger partial charge in [-0.2, -0.15) is 12.6 Å². The van der Waals surface area contributed by atoms with Gasteiger partial charge in [0.1, 0.15) is 6.04 Å². The van der Waals surface area contributed by atoms with Crippen LogP contribution in [0.3, 0.4) is 0 Å². The predicted octanol–water partition coefficient (Wildman–Crippen LogP) is 2.79. The summed E-state index contributed by atoms with van der Waals surface area (Å²) in [5, 5.41) is 12.4. The molecule has 0 spiro atoms. The summed E-state index contributed by atoms with van der Waals surface area (Å²) in [7, 11) is 0. The molecule has 0 saturated heterocycles. The first-order chi connectivity index (χ1) is 7.04. The Balaban J connectivity index is 2.84. The molecule has 3 nitrogen and oxygen atoms in total. The van der Waals surface area contributed by atoms with Gasteiger partial charge in [-0.3, -0.25) is 0 Å². The number of rotatable bonds is 4. The summed E-state index contributed by atoms with van der Waals surface area (Å²) in [6.07, 6.45) is 0. The van der Waals surface area contributed by atoms with Gasteiger partial charge in [-0.15, -0.1) is 0 Å². The van der Waals surface area contributed by atoms with Crippen LogP contribution in [-0.2, 0) is 4.79 Å². The molecule has 2 N–H and O–H groups in total. The van der Waals surface area contributed by atoms with Crippen LogP contribution in [0.4, 0.5) is 5.69 Å². The summed E-state index contributed by atoms with van der Waals surface area (Å²) < 4.78 is 0. The van der Waals surface area contributed by atoms with E-state index in [-0.39, 0.29) is 5.75 Å². The first kappa shape index (κ1) is 12.5. The molecule has 82 valence electrons. The Morgan fingerprint density at radius 2 is 2.20 bits per heavy atom. The van der Waals surface area contributed by atoms with Crippen molar-refractivity contribution in [2.24, 2.45) is 0 Å². The fourth-order valence-corrected chi connectivity index (χ4v) is 1.69. The number of hydrogen-bond acceptors (Lipinski definition) is 3. The minimum absolute atomic E-state index is 0.175. The Kier molecular flexibility index (Phi) is 4.57. The molecule has 0 aliphatic rings. The van der Waals surface area contributed by atoms with Crippen molar-refractivity contribution in [2.75, 3.05) is 11.1 Å². The van der Waals surface area contributed by atoms with Crippen LogP contribution in [0.15, 0.2) is 18.2 Å². The van der Waals surface area contributed by atoms with Gasteiger partial charge in [-0.05, 0) is 18.2 Å². The number of carbonyl (C=O) groups is 1. The fourth-order valence-electron chi connectivity index (χ4n) is 0.980. The SMILES string of the molecule is O=C(O)[C@H](CS)Nc1ccc(Cl)cc1Cl. The first-order valence-electron chi connectivity index (χ1n) is 4.10. The number of carboxylic acid groups (broad SMARTS) is 1. The lowest BCUT2D eigenvalue weighted by atomic mass is 10.2. The Morgan fingerprint density at radius 3 is 2.67 bits per heavy atom. The zero-order chi connectivity index (χ0) is 11.4. The molecular weight excluding hydrogens is 257 g/mol. The molecule has 0 bridgehead atoms. The summed E-state index contributed by atoms with van der Waals surface area (Å²) in [5.41, 5.74) is 0.530. The molecule has 0 heterocycles. The molecule has 1 aromatic rings. The molecule has 0 saturated carbocycles. The Labute approximate surface area is 103 Å². The van der Waals surface area contributed by atoms with Crippen LogP contribution < -0.4 is 5.32 Å². The third-order valence-corrected chi connectivity index (χ3v) is 2.65. The maximum absolute atomic E-state index is 10.7. The van der Waals surface area contributed by atoms with Crippen LogP contribution in [-0.4, -0.2) is 22.9 Å². The van der Waals surface area contributed by atoms with Crippen molar-refractivity contribution in [1.29, 1.82) is 0 Å². The van der Waals surface area contributed by atoms with E-state index in [2.05, 4.69) is 17.9 Å². The van der Waals surface area contributed by atoms with Gasteiger partial charge in [0.15, 0.2) is 0 Å². The van der Waals surface area contributed by atoms with E-state index in [1.165, 1.54) is 0 Å². The van der Waals surface area contributed by atoms with E-state index in [1.54, 1.807) is 18.2 Å². The van der Waals surface area contributed by atoms with E-state index in [0.29, 0.717) is 15.7 Å². The second kappa shape index (κ2) is 5.49. The fraction of sp³-hybridized carbons (Fsp3) is 0.222. The Bertz CT molecular complexity index is 373. The number of carboxylic acids is 1. The molecule has 0 unspecified atom stereocenters. The Hall–Kier alpha value is -0.580. The number of thiol groups is 1. The van der Waals surface area contributed by atoms with Gasteiger partial charge in [0.25, 0.3) is 0 Å². The van der Waals surface area contributed by atoms with E-state index in [1.807, 2.05) is 0 Å². The van der Waals surface area contributed by atoms with E-state index in [4.69, 9.17) is 28.3 Å². The second-order valence-electron chi connectivity index (χ2n) is 2.84. The lowest BCUT2D eigenvalue weighted by molar-refractivity contribution is -0.137. The molecule has 1 rings (SSSR count). The molecular formula is C9H9Cl2NO2S. The standard InChI is InChI=1S/C9H9Cl2NO2S/c10-5-1-2-7(6(11)3-5)12-8(4-15)9(13)14/h1-3,8,12,15H,4H2,(H,13,14)/t8-/m0/s1. The molecule has 0 aliphatic carbocycles. The monoisotopic (exact) mass is 265 g/mol. The third-order valence-electron chi connectivity index (χ3n) is 1.74. The van der Waals surface area contributed by atoms with Crippen molar-refractivity contribution >= 4 is 47.5 Å². The maximum atomic E-state index is 10.7.